The highest BCUT2D eigenvalue weighted by molar-refractivity contribution is 7.11. The predicted octanol–water partition coefficient (Wildman–Crippen LogP) is 1.69. The van der Waals surface area contributed by atoms with Crippen LogP contribution in [0.1, 0.15) is 16.3 Å². The Morgan fingerprint density at radius 3 is 2.62 bits per heavy atom. The van der Waals surface area contributed by atoms with E-state index in [-0.39, 0.29) is 13.0 Å². The number of aromatic nitrogens is 1. The summed E-state index contributed by atoms with van der Waals surface area (Å²) in [5.41, 5.74) is 4.29. The maximum absolute atomic E-state index is 13.0. The van der Waals surface area contributed by atoms with E-state index >= 15 is 0 Å². The molecule has 72 valence electrons. The SMILES string of the molecule is Cc1ncc(C2(CN)CC2(F)F)s1. The molecule has 1 saturated carbocycles. The van der Waals surface area contributed by atoms with Gasteiger partial charge in [0.15, 0.2) is 0 Å². The van der Waals surface area contributed by atoms with E-state index in [1.165, 1.54) is 17.5 Å². The molecule has 2 rings (SSSR count). The van der Waals surface area contributed by atoms with Gasteiger partial charge in [0.2, 0.25) is 0 Å². The highest BCUT2D eigenvalue weighted by atomic mass is 32.1. The van der Waals surface area contributed by atoms with Crippen molar-refractivity contribution in [2.24, 2.45) is 5.73 Å². The first kappa shape index (κ1) is 9.02. The van der Waals surface area contributed by atoms with Crippen molar-refractivity contribution in [3.05, 3.63) is 16.1 Å². The van der Waals surface area contributed by atoms with Gasteiger partial charge in [0.25, 0.3) is 5.92 Å². The Morgan fingerprint density at radius 2 is 2.31 bits per heavy atom. The quantitative estimate of drug-likeness (QED) is 0.796. The zero-order valence-corrected chi connectivity index (χ0v) is 8.00. The zero-order valence-electron chi connectivity index (χ0n) is 7.18. The zero-order chi connectivity index (χ0) is 9.69. The monoisotopic (exact) mass is 204 g/mol. The summed E-state index contributed by atoms with van der Waals surface area (Å²) in [6, 6.07) is 0. The van der Waals surface area contributed by atoms with Crippen LogP contribution in [-0.2, 0) is 5.41 Å². The van der Waals surface area contributed by atoms with Crippen molar-refractivity contribution in [1.29, 1.82) is 0 Å². The number of hydrogen-bond acceptors (Lipinski definition) is 3. The Kier molecular flexibility index (Phi) is 1.72. The Labute approximate surface area is 78.8 Å². The lowest BCUT2D eigenvalue weighted by Crippen LogP contribution is -2.25. The van der Waals surface area contributed by atoms with Crippen LogP contribution < -0.4 is 5.73 Å². The van der Waals surface area contributed by atoms with Crippen LogP contribution >= 0.6 is 11.3 Å². The van der Waals surface area contributed by atoms with Gasteiger partial charge in [-0.2, -0.15) is 0 Å². The van der Waals surface area contributed by atoms with Gasteiger partial charge in [0.1, 0.15) is 0 Å². The van der Waals surface area contributed by atoms with E-state index in [4.69, 9.17) is 5.73 Å². The van der Waals surface area contributed by atoms with Gasteiger partial charge in [-0.25, -0.2) is 13.8 Å². The summed E-state index contributed by atoms with van der Waals surface area (Å²) in [4.78, 5) is 4.59. The van der Waals surface area contributed by atoms with E-state index in [1.54, 1.807) is 6.92 Å². The molecule has 2 N–H and O–H groups in total. The molecular weight excluding hydrogens is 194 g/mol. The summed E-state index contributed by atoms with van der Waals surface area (Å²) in [6.07, 6.45) is 1.39. The molecule has 0 bridgehead atoms. The summed E-state index contributed by atoms with van der Waals surface area (Å²) < 4.78 is 26.1. The van der Waals surface area contributed by atoms with E-state index in [1.807, 2.05) is 0 Å². The summed E-state index contributed by atoms with van der Waals surface area (Å²) in [6.45, 7) is 1.81. The number of halogens is 2. The van der Waals surface area contributed by atoms with E-state index in [2.05, 4.69) is 4.98 Å². The normalized spacial score (nSPS) is 30.5. The minimum Gasteiger partial charge on any atom is -0.329 e. The summed E-state index contributed by atoms with van der Waals surface area (Å²) in [7, 11) is 0. The molecule has 1 aromatic heterocycles. The summed E-state index contributed by atoms with van der Waals surface area (Å²) >= 11 is 1.31. The van der Waals surface area contributed by atoms with Crippen molar-refractivity contribution in [2.75, 3.05) is 6.54 Å². The number of nitrogens with zero attached hydrogens (tertiary/aromatic N) is 1. The van der Waals surface area contributed by atoms with E-state index in [0.717, 1.165) is 5.01 Å². The molecule has 0 amide bonds. The topological polar surface area (TPSA) is 38.9 Å². The van der Waals surface area contributed by atoms with Crippen molar-refractivity contribution >= 4 is 11.3 Å². The highest BCUT2D eigenvalue weighted by Crippen LogP contribution is 2.61. The first-order valence-corrected chi connectivity index (χ1v) is 4.84. The molecule has 1 aliphatic carbocycles. The number of rotatable bonds is 2. The van der Waals surface area contributed by atoms with Crippen molar-refractivity contribution < 1.29 is 8.78 Å². The average molecular weight is 204 g/mol. The van der Waals surface area contributed by atoms with Crippen LogP contribution in [0, 0.1) is 6.92 Å². The Morgan fingerprint density at radius 1 is 1.69 bits per heavy atom. The molecule has 0 spiro atoms. The molecule has 1 aliphatic rings. The standard InChI is InChI=1S/C8H10F2N2S/c1-5-12-2-6(13-5)7(4-11)3-8(7,9)10/h2H,3-4,11H2,1H3. The van der Waals surface area contributed by atoms with E-state index < -0.39 is 11.3 Å². The molecule has 1 unspecified atom stereocenters. The van der Waals surface area contributed by atoms with Crippen LogP contribution in [0.2, 0.25) is 0 Å². The molecular formula is C8H10F2N2S. The first-order valence-electron chi connectivity index (χ1n) is 4.03. The number of nitrogens with two attached hydrogens (primary N) is 1. The van der Waals surface area contributed by atoms with Crippen molar-refractivity contribution in [1.82, 2.24) is 4.98 Å². The molecule has 0 radical (unpaired) electrons. The second-order valence-corrected chi connectivity index (χ2v) is 4.65. The van der Waals surface area contributed by atoms with Crippen molar-refractivity contribution in [3.63, 3.8) is 0 Å². The molecule has 1 fully saturated rings. The lowest BCUT2D eigenvalue weighted by molar-refractivity contribution is 0.0904. The fraction of sp³-hybridized carbons (Fsp3) is 0.625. The van der Waals surface area contributed by atoms with Crippen LogP contribution in [0.3, 0.4) is 0 Å². The molecule has 13 heavy (non-hydrogen) atoms. The van der Waals surface area contributed by atoms with Crippen LogP contribution in [0.15, 0.2) is 6.20 Å². The second kappa shape index (κ2) is 2.48. The maximum atomic E-state index is 13.0. The molecule has 0 saturated heterocycles. The lowest BCUT2D eigenvalue weighted by Gasteiger charge is -2.09. The minimum atomic E-state index is -2.62. The van der Waals surface area contributed by atoms with Crippen LogP contribution in [0.25, 0.3) is 0 Å². The molecule has 5 heteroatoms. The fourth-order valence-corrected chi connectivity index (χ4v) is 2.54. The van der Waals surface area contributed by atoms with Gasteiger partial charge in [0.05, 0.1) is 10.4 Å². The lowest BCUT2D eigenvalue weighted by atomic mass is 10.1. The molecule has 1 atom stereocenters. The van der Waals surface area contributed by atoms with Gasteiger partial charge in [0, 0.05) is 24.0 Å². The Bertz CT molecular complexity index is 337. The van der Waals surface area contributed by atoms with Crippen LogP contribution in [0.5, 0.6) is 0 Å². The van der Waals surface area contributed by atoms with Gasteiger partial charge >= 0.3 is 0 Å². The minimum absolute atomic E-state index is 0.00162. The maximum Gasteiger partial charge on any atom is 0.261 e. The number of hydrogen-bond donors (Lipinski definition) is 1. The van der Waals surface area contributed by atoms with Gasteiger partial charge in [-0.1, -0.05) is 0 Å². The highest BCUT2D eigenvalue weighted by Gasteiger charge is 2.71. The van der Waals surface area contributed by atoms with Gasteiger partial charge in [-0.3, -0.25) is 0 Å². The van der Waals surface area contributed by atoms with Gasteiger partial charge in [-0.05, 0) is 6.92 Å². The third-order valence-corrected chi connectivity index (χ3v) is 3.66. The Hall–Kier alpha value is -0.550. The van der Waals surface area contributed by atoms with Crippen molar-refractivity contribution in [3.8, 4) is 0 Å². The Balaban J connectivity index is 2.35. The second-order valence-electron chi connectivity index (χ2n) is 3.41. The number of thiazole rings is 1. The average Bonchev–Trinajstić information content (AvgIpc) is 2.43. The van der Waals surface area contributed by atoms with Gasteiger partial charge in [-0.15, -0.1) is 11.3 Å². The van der Waals surface area contributed by atoms with Crippen molar-refractivity contribution in [2.45, 2.75) is 24.7 Å². The molecule has 0 aromatic carbocycles. The largest absolute Gasteiger partial charge is 0.329 e. The molecule has 1 aromatic rings. The third kappa shape index (κ3) is 1.10. The van der Waals surface area contributed by atoms with Gasteiger partial charge < -0.3 is 5.73 Å². The van der Waals surface area contributed by atoms with Crippen LogP contribution in [-0.4, -0.2) is 17.5 Å². The molecule has 2 nitrogen and oxygen atoms in total. The molecule has 0 aliphatic heterocycles. The fourth-order valence-electron chi connectivity index (χ4n) is 1.51. The molecule has 1 heterocycles. The smallest absolute Gasteiger partial charge is 0.261 e. The predicted molar refractivity (Wildman–Crippen MR) is 47.1 cm³/mol. The summed E-state index contributed by atoms with van der Waals surface area (Å²) in [5, 5.41) is 0.811. The van der Waals surface area contributed by atoms with E-state index in [0.29, 0.717) is 4.88 Å². The third-order valence-electron chi connectivity index (χ3n) is 2.54. The number of aryl methyl sites for hydroxylation is 1. The first-order chi connectivity index (χ1) is 6.02. The van der Waals surface area contributed by atoms with Crippen LogP contribution in [0.4, 0.5) is 8.78 Å². The number of alkyl halides is 2. The summed E-state index contributed by atoms with van der Waals surface area (Å²) in [5.74, 6) is -2.62. The van der Waals surface area contributed by atoms with E-state index in [9.17, 15) is 8.78 Å².